The summed E-state index contributed by atoms with van der Waals surface area (Å²) < 4.78 is 2.54. The fraction of sp³-hybridized carbons (Fsp3) is 0.0870. The highest BCUT2D eigenvalue weighted by atomic mass is 15.1. The summed E-state index contributed by atoms with van der Waals surface area (Å²) >= 11 is 0. The third-order valence-electron chi connectivity index (χ3n) is 11.0. The molecule has 222 valence electrons. The molecule has 6 aromatic carbocycles. The minimum Gasteiger partial charge on any atom is -0.331 e. The third-order valence-corrected chi connectivity index (χ3v) is 11.0. The molecular weight excluding hydrogens is 567 g/mol. The van der Waals surface area contributed by atoms with Crippen molar-refractivity contribution in [1.29, 1.82) is 0 Å². The zero-order valence-corrected chi connectivity index (χ0v) is 26.3. The van der Waals surface area contributed by atoms with Crippen molar-refractivity contribution in [3.05, 3.63) is 197 Å². The first-order valence-corrected chi connectivity index (χ1v) is 16.7. The van der Waals surface area contributed by atoms with Crippen molar-refractivity contribution in [1.82, 2.24) is 4.57 Å². The molecule has 1 heteroatoms. The molecule has 7 aromatic rings. The second-order valence-electron chi connectivity index (χ2n) is 13.5. The van der Waals surface area contributed by atoms with E-state index in [1.54, 1.807) is 0 Å². The van der Waals surface area contributed by atoms with Crippen LogP contribution in [0.5, 0.6) is 0 Å². The van der Waals surface area contributed by atoms with Crippen LogP contribution in [0.15, 0.2) is 164 Å². The maximum absolute atomic E-state index is 2.54. The summed E-state index contributed by atoms with van der Waals surface area (Å²) in [7, 11) is 0. The molecule has 0 amide bonds. The second-order valence-corrected chi connectivity index (χ2v) is 13.5. The van der Waals surface area contributed by atoms with Crippen LogP contribution >= 0.6 is 0 Å². The van der Waals surface area contributed by atoms with Gasteiger partial charge < -0.3 is 4.57 Å². The van der Waals surface area contributed by atoms with Crippen LogP contribution in [0.4, 0.5) is 0 Å². The molecule has 47 heavy (non-hydrogen) atoms. The lowest BCUT2D eigenvalue weighted by atomic mass is 9.67. The number of rotatable bonds is 3. The smallest absolute Gasteiger partial charge is 0.0725 e. The number of fused-ring (bicyclic) bond motifs is 10. The molecule has 0 fully saturated rings. The van der Waals surface area contributed by atoms with Crippen molar-refractivity contribution >= 4 is 39.0 Å². The summed E-state index contributed by atoms with van der Waals surface area (Å²) in [6.45, 7) is 2.37. The van der Waals surface area contributed by atoms with Gasteiger partial charge in [0.15, 0.2) is 0 Å². The first-order valence-electron chi connectivity index (χ1n) is 16.7. The Morgan fingerprint density at radius 2 is 1.19 bits per heavy atom. The Labute approximate surface area is 275 Å². The van der Waals surface area contributed by atoms with Crippen LogP contribution in [0.3, 0.4) is 0 Å². The first kappa shape index (κ1) is 26.5. The molecule has 2 unspecified atom stereocenters. The van der Waals surface area contributed by atoms with E-state index in [0.29, 0.717) is 0 Å². The van der Waals surface area contributed by atoms with Gasteiger partial charge in [-0.15, -0.1) is 0 Å². The van der Waals surface area contributed by atoms with E-state index >= 15 is 0 Å². The van der Waals surface area contributed by atoms with Crippen LogP contribution in [0.1, 0.15) is 46.7 Å². The topological polar surface area (TPSA) is 4.93 Å². The van der Waals surface area contributed by atoms with Gasteiger partial charge in [-0.1, -0.05) is 146 Å². The summed E-state index contributed by atoms with van der Waals surface area (Å²) in [4.78, 5) is 0. The summed E-state index contributed by atoms with van der Waals surface area (Å²) in [6.07, 6.45) is 10.6. The number of hydrogen-bond acceptors (Lipinski definition) is 0. The summed E-state index contributed by atoms with van der Waals surface area (Å²) in [5, 5.41) is 2.63. The van der Waals surface area contributed by atoms with E-state index in [0.717, 1.165) is 6.42 Å². The van der Waals surface area contributed by atoms with E-state index in [1.807, 2.05) is 0 Å². The van der Waals surface area contributed by atoms with Crippen LogP contribution in [-0.4, -0.2) is 4.57 Å². The van der Waals surface area contributed by atoms with Crippen molar-refractivity contribution in [3.63, 3.8) is 0 Å². The van der Waals surface area contributed by atoms with Crippen LogP contribution in [0.2, 0.25) is 0 Å². The Bertz CT molecular complexity index is 2450. The largest absolute Gasteiger partial charge is 0.331 e. The number of nitrogens with zero attached hydrogens (tertiary/aromatic N) is 1. The molecule has 0 aliphatic heterocycles. The molecule has 0 N–H and O–H groups in total. The normalized spacial score (nSPS) is 20.7. The molecule has 0 bridgehead atoms. The summed E-state index contributed by atoms with van der Waals surface area (Å²) in [5.74, 6) is 0. The van der Waals surface area contributed by atoms with E-state index in [-0.39, 0.29) is 11.0 Å². The molecule has 3 aliphatic rings. The van der Waals surface area contributed by atoms with Gasteiger partial charge in [-0.05, 0) is 93.3 Å². The van der Waals surface area contributed by atoms with Crippen molar-refractivity contribution in [2.75, 3.05) is 0 Å². The molecule has 10 rings (SSSR count). The minimum atomic E-state index is -0.365. The standard InChI is InChI=1S/C46H33N/c1-45(47-43-21-11-7-17-37(43)38-18-8-12-22-44(38)47)27-25-31(26-28-45)33-23-24-36-35-16-6-10-20-40(35)46(42(36)29-33)39-19-9-5-15-34(39)30-41(46)32-13-3-2-4-14-32/h2-27,29-30H,28H2,1H3. The van der Waals surface area contributed by atoms with E-state index in [4.69, 9.17) is 0 Å². The lowest BCUT2D eigenvalue weighted by molar-refractivity contribution is 0.438. The Morgan fingerprint density at radius 1 is 0.553 bits per heavy atom. The molecule has 1 heterocycles. The van der Waals surface area contributed by atoms with Gasteiger partial charge in [0.2, 0.25) is 0 Å². The van der Waals surface area contributed by atoms with E-state index in [9.17, 15) is 0 Å². The van der Waals surface area contributed by atoms with Gasteiger partial charge in [0.25, 0.3) is 0 Å². The molecule has 3 aliphatic carbocycles. The van der Waals surface area contributed by atoms with Gasteiger partial charge >= 0.3 is 0 Å². The van der Waals surface area contributed by atoms with Crippen LogP contribution in [-0.2, 0) is 11.0 Å². The lowest BCUT2D eigenvalue weighted by Gasteiger charge is -2.34. The first-order chi connectivity index (χ1) is 23.2. The Kier molecular flexibility index (Phi) is 5.46. The monoisotopic (exact) mass is 599 g/mol. The van der Waals surface area contributed by atoms with Crippen LogP contribution in [0, 0.1) is 0 Å². The maximum Gasteiger partial charge on any atom is 0.0725 e. The molecule has 0 saturated heterocycles. The highest BCUT2D eigenvalue weighted by Gasteiger charge is 2.51. The average Bonchev–Trinajstić information content (AvgIpc) is 3.76. The zero-order valence-electron chi connectivity index (χ0n) is 26.3. The fourth-order valence-corrected chi connectivity index (χ4v) is 8.90. The second kappa shape index (κ2) is 9.67. The average molecular weight is 600 g/mol. The maximum atomic E-state index is 2.54. The molecule has 1 spiro atoms. The van der Waals surface area contributed by atoms with Crippen molar-refractivity contribution in [3.8, 4) is 11.1 Å². The van der Waals surface area contributed by atoms with Crippen LogP contribution in [0.25, 0.3) is 50.2 Å². The molecule has 1 nitrogen and oxygen atoms in total. The van der Waals surface area contributed by atoms with Crippen molar-refractivity contribution in [2.24, 2.45) is 0 Å². The summed E-state index contributed by atoms with van der Waals surface area (Å²) in [6, 6.07) is 53.9. The zero-order chi connectivity index (χ0) is 31.2. The number of aromatic nitrogens is 1. The van der Waals surface area contributed by atoms with Gasteiger partial charge in [0.05, 0.1) is 11.0 Å². The third kappa shape index (κ3) is 3.54. The minimum absolute atomic E-state index is 0.173. The predicted octanol–water partition coefficient (Wildman–Crippen LogP) is 11.4. The quantitative estimate of drug-likeness (QED) is 0.190. The molecule has 2 atom stereocenters. The number of benzene rings is 6. The SMILES string of the molecule is CC1(n2c3ccccc3c3ccccc32)C=CC(c2ccc3c(c2)C2(C(c4ccccc4)=Cc4ccccc42)c2ccccc2-3)=CC1. The van der Waals surface area contributed by atoms with Crippen molar-refractivity contribution < 1.29 is 0 Å². The number of allylic oxidation sites excluding steroid dienone is 5. The summed E-state index contributed by atoms with van der Waals surface area (Å²) in [5.41, 5.74) is 15.3. The highest BCUT2D eigenvalue weighted by molar-refractivity contribution is 6.08. The number of para-hydroxylation sites is 2. The van der Waals surface area contributed by atoms with E-state index in [2.05, 4.69) is 181 Å². The molecule has 1 aromatic heterocycles. The number of hydrogen-bond donors (Lipinski definition) is 0. The molecule has 0 saturated carbocycles. The lowest BCUT2D eigenvalue weighted by Crippen LogP contribution is -2.28. The van der Waals surface area contributed by atoms with E-state index < -0.39 is 0 Å². The van der Waals surface area contributed by atoms with Gasteiger partial charge in [-0.25, -0.2) is 0 Å². The highest BCUT2D eigenvalue weighted by Crippen LogP contribution is 2.62. The van der Waals surface area contributed by atoms with E-state index in [1.165, 1.54) is 77.5 Å². The van der Waals surface area contributed by atoms with Gasteiger partial charge in [-0.3, -0.25) is 0 Å². The predicted molar refractivity (Wildman–Crippen MR) is 197 cm³/mol. The fourth-order valence-electron chi connectivity index (χ4n) is 8.90. The Balaban J connectivity index is 1.13. The molecule has 0 radical (unpaired) electrons. The van der Waals surface area contributed by atoms with Gasteiger partial charge in [0, 0.05) is 21.8 Å². The van der Waals surface area contributed by atoms with Crippen molar-refractivity contribution in [2.45, 2.75) is 24.3 Å². The van der Waals surface area contributed by atoms with Gasteiger partial charge in [0.1, 0.15) is 0 Å². The Morgan fingerprint density at radius 3 is 1.94 bits per heavy atom. The molecular formula is C46H33N. The Hall–Kier alpha value is -5.66. The van der Waals surface area contributed by atoms with Crippen LogP contribution < -0.4 is 0 Å². The van der Waals surface area contributed by atoms with Gasteiger partial charge in [-0.2, -0.15) is 0 Å².